The average molecular weight is 331 g/mol. The Hall–Kier alpha value is -1.88. The third-order valence-electron chi connectivity index (χ3n) is 4.84. The van der Waals surface area contributed by atoms with Gasteiger partial charge in [-0.15, -0.1) is 0 Å². The molecule has 1 N–H and O–H groups in total. The number of H-pyrrole nitrogens is 1. The molecule has 1 unspecified atom stereocenters. The lowest BCUT2D eigenvalue weighted by Crippen LogP contribution is -2.53. The summed E-state index contributed by atoms with van der Waals surface area (Å²) in [5.41, 5.74) is 0.987. The van der Waals surface area contributed by atoms with Crippen LogP contribution in [-0.4, -0.2) is 90.7 Å². The minimum Gasteiger partial charge on any atom is -0.374 e. The minimum atomic E-state index is -0.00141. The molecule has 2 saturated heterocycles. The monoisotopic (exact) mass is 331 g/mol. The van der Waals surface area contributed by atoms with Crippen molar-refractivity contribution in [2.45, 2.75) is 13.0 Å². The molecule has 0 spiro atoms. The third-order valence-corrected chi connectivity index (χ3v) is 4.84. The van der Waals surface area contributed by atoms with E-state index in [9.17, 15) is 4.79 Å². The molecule has 0 bridgehead atoms. The number of likely N-dealkylation sites (N-methyl/N-ethyl adjacent to an activating group) is 1. The van der Waals surface area contributed by atoms with Crippen molar-refractivity contribution in [1.82, 2.24) is 19.7 Å². The Balaban J connectivity index is 1.47. The third kappa shape index (κ3) is 3.96. The van der Waals surface area contributed by atoms with Crippen LogP contribution in [-0.2, 0) is 4.74 Å². The van der Waals surface area contributed by atoms with Crippen molar-refractivity contribution >= 4 is 5.91 Å². The summed E-state index contributed by atoms with van der Waals surface area (Å²) in [4.78, 5) is 21.9. The predicted molar refractivity (Wildman–Crippen MR) is 89.7 cm³/mol. The molecule has 2 fully saturated rings. The second-order valence-corrected chi connectivity index (χ2v) is 6.39. The number of morpholine rings is 1. The van der Waals surface area contributed by atoms with Crippen molar-refractivity contribution in [2.75, 3.05) is 59.0 Å². The van der Waals surface area contributed by atoms with Gasteiger partial charge in [-0.3, -0.25) is 14.6 Å². The number of ether oxygens (including phenoxy) is 1. The fourth-order valence-electron chi connectivity index (χ4n) is 3.36. The Morgan fingerprint density at radius 1 is 1.33 bits per heavy atom. The molecule has 2 aliphatic rings. The average Bonchev–Trinajstić information content (AvgIpc) is 3.11. The summed E-state index contributed by atoms with van der Waals surface area (Å²) in [6.45, 7) is 10.2. The van der Waals surface area contributed by atoms with Gasteiger partial charge in [0, 0.05) is 52.0 Å². The van der Waals surface area contributed by atoms with Crippen LogP contribution in [0.15, 0.2) is 12.3 Å². The van der Waals surface area contributed by atoms with Crippen LogP contribution in [0.25, 0.3) is 0 Å². The molecule has 1 amide bonds. The standard InChI is InChI=1S/C17H25N5O2/c1-2-20-7-8-24-16(12-20)13-21-3-5-22(6-4-21)17(23)14-9-15(10-18)19-11-14/h9,11,16,19H,2-8,12-13H2,1H3. The molecule has 24 heavy (non-hydrogen) atoms. The van der Waals surface area contributed by atoms with Gasteiger partial charge in [0.2, 0.25) is 0 Å². The van der Waals surface area contributed by atoms with Crippen molar-refractivity contribution < 1.29 is 9.53 Å². The van der Waals surface area contributed by atoms with Crippen LogP contribution in [0.4, 0.5) is 0 Å². The molecular formula is C17H25N5O2. The number of piperazine rings is 1. The van der Waals surface area contributed by atoms with Crippen LogP contribution >= 0.6 is 0 Å². The van der Waals surface area contributed by atoms with E-state index in [1.807, 2.05) is 11.0 Å². The van der Waals surface area contributed by atoms with E-state index >= 15 is 0 Å². The van der Waals surface area contributed by atoms with Crippen LogP contribution in [0, 0.1) is 11.3 Å². The van der Waals surface area contributed by atoms with Gasteiger partial charge >= 0.3 is 0 Å². The molecule has 0 radical (unpaired) electrons. The molecule has 1 aromatic rings. The van der Waals surface area contributed by atoms with E-state index in [1.54, 1.807) is 12.3 Å². The molecule has 1 aromatic heterocycles. The fourth-order valence-corrected chi connectivity index (χ4v) is 3.36. The molecular weight excluding hydrogens is 306 g/mol. The van der Waals surface area contributed by atoms with E-state index in [-0.39, 0.29) is 12.0 Å². The summed E-state index contributed by atoms with van der Waals surface area (Å²) >= 11 is 0. The second-order valence-electron chi connectivity index (χ2n) is 6.39. The Kier molecular flexibility index (Phi) is 5.51. The Bertz CT molecular complexity index is 600. The highest BCUT2D eigenvalue weighted by Crippen LogP contribution is 2.12. The maximum atomic E-state index is 12.5. The predicted octanol–water partition coefficient (Wildman–Crippen LogP) is 0.365. The molecule has 2 aliphatic heterocycles. The lowest BCUT2D eigenvalue weighted by molar-refractivity contribution is -0.0458. The quantitative estimate of drug-likeness (QED) is 0.862. The first-order valence-electron chi connectivity index (χ1n) is 8.63. The Morgan fingerprint density at radius 2 is 2.12 bits per heavy atom. The van der Waals surface area contributed by atoms with E-state index in [0.717, 1.165) is 59.0 Å². The first kappa shape index (κ1) is 17.0. The lowest BCUT2D eigenvalue weighted by atomic mass is 10.2. The van der Waals surface area contributed by atoms with Crippen LogP contribution in [0.2, 0.25) is 0 Å². The molecule has 3 rings (SSSR count). The van der Waals surface area contributed by atoms with Crippen LogP contribution in [0.5, 0.6) is 0 Å². The van der Waals surface area contributed by atoms with Gasteiger partial charge in [-0.05, 0) is 12.6 Å². The highest BCUT2D eigenvalue weighted by molar-refractivity contribution is 5.94. The van der Waals surface area contributed by atoms with Crippen LogP contribution in [0.3, 0.4) is 0 Å². The molecule has 0 aromatic carbocycles. The number of nitriles is 1. The number of hydrogen-bond donors (Lipinski definition) is 1. The zero-order valence-electron chi connectivity index (χ0n) is 14.2. The van der Waals surface area contributed by atoms with Crippen molar-refractivity contribution in [2.24, 2.45) is 0 Å². The second kappa shape index (κ2) is 7.79. The Labute approximate surface area is 142 Å². The number of carbonyl (C=O) groups is 1. The van der Waals surface area contributed by atoms with Gasteiger partial charge in [0.25, 0.3) is 5.91 Å². The summed E-state index contributed by atoms with van der Waals surface area (Å²) < 4.78 is 5.87. The normalized spacial score (nSPS) is 23.2. The summed E-state index contributed by atoms with van der Waals surface area (Å²) in [5.74, 6) is -0.00141. The molecule has 7 heteroatoms. The molecule has 130 valence electrons. The molecule has 1 atom stereocenters. The zero-order chi connectivity index (χ0) is 16.9. The number of carbonyl (C=O) groups excluding carboxylic acids is 1. The summed E-state index contributed by atoms with van der Waals surface area (Å²) in [6, 6.07) is 3.63. The van der Waals surface area contributed by atoms with Gasteiger partial charge in [-0.2, -0.15) is 5.26 Å². The first-order chi connectivity index (χ1) is 11.7. The number of nitrogens with one attached hydrogen (secondary N) is 1. The molecule has 3 heterocycles. The maximum Gasteiger partial charge on any atom is 0.255 e. The van der Waals surface area contributed by atoms with E-state index in [0.29, 0.717) is 11.3 Å². The summed E-state index contributed by atoms with van der Waals surface area (Å²) in [5, 5.41) is 8.84. The highest BCUT2D eigenvalue weighted by atomic mass is 16.5. The molecule has 7 nitrogen and oxygen atoms in total. The van der Waals surface area contributed by atoms with E-state index in [1.165, 1.54) is 0 Å². The van der Waals surface area contributed by atoms with Crippen molar-refractivity contribution in [3.63, 3.8) is 0 Å². The van der Waals surface area contributed by atoms with Crippen LogP contribution in [0.1, 0.15) is 23.0 Å². The van der Waals surface area contributed by atoms with Gasteiger partial charge in [0.15, 0.2) is 0 Å². The Morgan fingerprint density at radius 3 is 2.79 bits per heavy atom. The number of rotatable bonds is 4. The van der Waals surface area contributed by atoms with Gasteiger partial charge in [0.1, 0.15) is 11.8 Å². The SMILES string of the molecule is CCN1CCOC(CN2CCN(C(=O)c3c[nH]c(C#N)c3)CC2)C1. The number of nitrogens with zero attached hydrogens (tertiary/aromatic N) is 4. The number of aromatic nitrogens is 1. The molecule has 0 aliphatic carbocycles. The van der Waals surface area contributed by atoms with Gasteiger partial charge < -0.3 is 14.6 Å². The first-order valence-corrected chi connectivity index (χ1v) is 8.63. The smallest absolute Gasteiger partial charge is 0.255 e. The van der Waals surface area contributed by atoms with Crippen LogP contribution < -0.4 is 0 Å². The van der Waals surface area contributed by atoms with Crippen molar-refractivity contribution in [3.05, 3.63) is 23.5 Å². The van der Waals surface area contributed by atoms with Crippen molar-refractivity contribution in [1.29, 1.82) is 5.26 Å². The zero-order valence-corrected chi connectivity index (χ0v) is 14.2. The number of amides is 1. The van der Waals surface area contributed by atoms with Gasteiger partial charge in [0.05, 0.1) is 18.3 Å². The highest BCUT2D eigenvalue weighted by Gasteiger charge is 2.26. The summed E-state index contributed by atoms with van der Waals surface area (Å²) in [7, 11) is 0. The van der Waals surface area contributed by atoms with Crippen molar-refractivity contribution in [3.8, 4) is 6.07 Å². The maximum absolute atomic E-state index is 12.5. The number of hydrogen-bond acceptors (Lipinski definition) is 5. The molecule has 0 saturated carbocycles. The van der Waals surface area contributed by atoms with E-state index in [2.05, 4.69) is 21.7 Å². The summed E-state index contributed by atoms with van der Waals surface area (Å²) in [6.07, 6.45) is 1.88. The van der Waals surface area contributed by atoms with E-state index < -0.39 is 0 Å². The van der Waals surface area contributed by atoms with Gasteiger partial charge in [-0.25, -0.2) is 0 Å². The van der Waals surface area contributed by atoms with E-state index in [4.69, 9.17) is 10.00 Å². The lowest BCUT2D eigenvalue weighted by Gasteiger charge is -2.39. The largest absolute Gasteiger partial charge is 0.374 e. The topological polar surface area (TPSA) is 75.6 Å². The minimum absolute atomic E-state index is 0.00141. The van der Waals surface area contributed by atoms with Gasteiger partial charge in [-0.1, -0.05) is 6.92 Å². The number of aromatic amines is 1. The fraction of sp³-hybridized carbons (Fsp3) is 0.647.